The first-order valence-corrected chi connectivity index (χ1v) is 13.0. The van der Waals surface area contributed by atoms with Crippen molar-refractivity contribution in [2.24, 2.45) is 5.73 Å². The molecule has 0 aliphatic rings. The molecule has 2 aromatic carbocycles. The van der Waals surface area contributed by atoms with E-state index in [1.165, 1.54) is 6.92 Å². The molecule has 1 atom stereocenters. The van der Waals surface area contributed by atoms with E-state index >= 15 is 0 Å². The summed E-state index contributed by atoms with van der Waals surface area (Å²) >= 11 is 14.5. The van der Waals surface area contributed by atoms with Gasteiger partial charge in [-0.2, -0.15) is 11.8 Å². The minimum absolute atomic E-state index is 0.0931. The predicted octanol–water partition coefficient (Wildman–Crippen LogP) is 7.52. The Morgan fingerprint density at radius 2 is 1.76 bits per heavy atom. The predicted molar refractivity (Wildman–Crippen MR) is 143 cm³/mol. The van der Waals surface area contributed by atoms with Crippen molar-refractivity contribution in [3.8, 4) is 0 Å². The first kappa shape index (κ1) is 27.4. The molecule has 0 saturated carbocycles. The molecule has 0 spiro atoms. The molecular formula is C27H31Cl2NO2S. The number of carbonyl (C=O) groups excluding carboxylic acids is 2. The van der Waals surface area contributed by atoms with Crippen LogP contribution in [0, 0.1) is 0 Å². The lowest BCUT2D eigenvalue weighted by Crippen LogP contribution is -2.21. The first-order chi connectivity index (χ1) is 15.7. The van der Waals surface area contributed by atoms with E-state index < -0.39 is 6.04 Å². The Bertz CT molecular complexity index is 1050. The van der Waals surface area contributed by atoms with Crippen LogP contribution < -0.4 is 5.73 Å². The smallest absolute Gasteiger partial charge is 0.196 e. The third-order valence-electron chi connectivity index (χ3n) is 5.08. The molecule has 2 N–H and O–H groups in total. The molecule has 0 bridgehead atoms. The Kier molecular flexibility index (Phi) is 10.9. The van der Waals surface area contributed by atoms with E-state index in [9.17, 15) is 9.59 Å². The van der Waals surface area contributed by atoms with Gasteiger partial charge in [0.1, 0.15) is 0 Å². The number of nitrogens with two attached hydrogens (primary N) is 1. The molecule has 0 radical (unpaired) electrons. The molecule has 176 valence electrons. The monoisotopic (exact) mass is 503 g/mol. The van der Waals surface area contributed by atoms with Crippen molar-refractivity contribution in [3.05, 3.63) is 86.4 Å². The molecule has 0 amide bonds. The molecule has 0 heterocycles. The van der Waals surface area contributed by atoms with Gasteiger partial charge in [0.15, 0.2) is 11.6 Å². The minimum Gasteiger partial charge on any atom is -0.324 e. The van der Waals surface area contributed by atoms with Crippen molar-refractivity contribution in [2.75, 3.05) is 5.75 Å². The number of ketones is 2. The quantitative estimate of drug-likeness (QED) is 0.195. The lowest BCUT2D eigenvalue weighted by molar-refractivity contribution is -0.112. The van der Waals surface area contributed by atoms with Gasteiger partial charge in [0, 0.05) is 17.4 Å². The average Bonchev–Trinajstić information content (AvgIpc) is 2.76. The Hall–Kier alpha value is -1.85. The summed E-state index contributed by atoms with van der Waals surface area (Å²) in [6, 6.07) is 10.4. The van der Waals surface area contributed by atoms with Crippen molar-refractivity contribution in [1.29, 1.82) is 0 Å². The van der Waals surface area contributed by atoms with Crippen LogP contribution in [0.1, 0.15) is 67.6 Å². The number of unbranched alkanes of at least 4 members (excludes halogenated alkanes) is 1. The fraction of sp³-hybridized carbons (Fsp3) is 0.333. The maximum absolute atomic E-state index is 13.7. The summed E-state index contributed by atoms with van der Waals surface area (Å²) in [6.07, 6.45) is 5.33. The maximum Gasteiger partial charge on any atom is 0.196 e. The molecule has 33 heavy (non-hydrogen) atoms. The van der Waals surface area contributed by atoms with Gasteiger partial charge in [-0.05, 0) is 72.6 Å². The molecular weight excluding hydrogens is 473 g/mol. The van der Waals surface area contributed by atoms with Crippen LogP contribution in [0.25, 0.3) is 5.57 Å². The van der Waals surface area contributed by atoms with E-state index in [1.54, 1.807) is 36.0 Å². The lowest BCUT2D eigenvalue weighted by Gasteiger charge is -2.20. The Morgan fingerprint density at radius 1 is 1.09 bits per heavy atom. The normalized spacial score (nSPS) is 13.2. The summed E-state index contributed by atoms with van der Waals surface area (Å²) in [7, 11) is 0. The summed E-state index contributed by atoms with van der Waals surface area (Å²) < 4.78 is 0. The Morgan fingerprint density at radius 3 is 2.30 bits per heavy atom. The standard InChI is InChI=1S/C27H31Cl2NO2S/c1-5-7-9-20(22(18(4)30)14-17(3)31)23-15-19(16-33-6-2)12-13-21(23)27(32)26-24(28)10-8-11-25(26)29/h8-15,18H,5-7,16,30H2,1-4H3/b20-9+,22-14-. The van der Waals surface area contributed by atoms with Crippen molar-refractivity contribution in [2.45, 2.75) is 52.3 Å². The van der Waals surface area contributed by atoms with Crippen LogP contribution in [-0.4, -0.2) is 23.4 Å². The van der Waals surface area contributed by atoms with Crippen molar-refractivity contribution < 1.29 is 9.59 Å². The number of carbonyl (C=O) groups is 2. The molecule has 1 unspecified atom stereocenters. The van der Waals surface area contributed by atoms with Gasteiger partial charge in [-0.1, -0.05) is 67.7 Å². The largest absolute Gasteiger partial charge is 0.324 e. The second-order valence-corrected chi connectivity index (χ2v) is 9.94. The summed E-state index contributed by atoms with van der Waals surface area (Å²) in [5.74, 6) is 1.45. The number of hydrogen-bond donors (Lipinski definition) is 1. The molecule has 3 nitrogen and oxygen atoms in total. The fourth-order valence-electron chi connectivity index (χ4n) is 3.52. The average molecular weight is 505 g/mol. The van der Waals surface area contributed by atoms with Gasteiger partial charge >= 0.3 is 0 Å². The van der Waals surface area contributed by atoms with Gasteiger partial charge in [0.25, 0.3) is 0 Å². The molecule has 0 aliphatic carbocycles. The summed E-state index contributed by atoms with van der Waals surface area (Å²) in [6.45, 7) is 7.54. The van der Waals surface area contributed by atoms with E-state index in [0.29, 0.717) is 21.2 Å². The number of rotatable bonds is 11. The van der Waals surface area contributed by atoms with E-state index in [-0.39, 0.29) is 17.1 Å². The Labute approximate surface area is 211 Å². The van der Waals surface area contributed by atoms with Gasteiger partial charge in [-0.3, -0.25) is 9.59 Å². The number of thioether (sulfide) groups is 1. The molecule has 2 aromatic rings. The number of halogens is 2. The van der Waals surface area contributed by atoms with Crippen LogP contribution in [-0.2, 0) is 10.5 Å². The van der Waals surface area contributed by atoms with Gasteiger partial charge in [-0.15, -0.1) is 0 Å². The molecule has 0 fully saturated rings. The van der Waals surface area contributed by atoms with Gasteiger partial charge in [-0.25, -0.2) is 0 Å². The lowest BCUT2D eigenvalue weighted by atomic mass is 9.85. The van der Waals surface area contributed by atoms with Crippen LogP contribution in [0.3, 0.4) is 0 Å². The maximum atomic E-state index is 13.7. The Balaban J connectivity index is 2.82. The van der Waals surface area contributed by atoms with E-state index in [1.807, 2.05) is 25.1 Å². The zero-order valence-corrected chi connectivity index (χ0v) is 21.9. The second kappa shape index (κ2) is 13.1. The summed E-state index contributed by atoms with van der Waals surface area (Å²) in [4.78, 5) is 25.7. The third-order valence-corrected chi connectivity index (χ3v) is 6.65. The van der Waals surface area contributed by atoms with Crippen LogP contribution in [0.4, 0.5) is 0 Å². The van der Waals surface area contributed by atoms with Crippen molar-refractivity contribution >= 4 is 52.1 Å². The summed E-state index contributed by atoms with van der Waals surface area (Å²) in [5.41, 5.74) is 10.4. The molecule has 0 aliphatic heterocycles. The van der Waals surface area contributed by atoms with Crippen LogP contribution >= 0.6 is 35.0 Å². The number of hydrogen-bond acceptors (Lipinski definition) is 4. The third kappa shape index (κ3) is 7.31. The van der Waals surface area contributed by atoms with E-state index in [4.69, 9.17) is 28.9 Å². The SMILES string of the molecule is CCC/C=C(\C(=C/C(C)=O)C(C)N)c1cc(CSCC)ccc1C(=O)c1c(Cl)cccc1Cl. The fourth-order valence-corrected chi connectivity index (χ4v) is 4.71. The second-order valence-electron chi connectivity index (χ2n) is 7.85. The molecule has 0 aromatic heterocycles. The van der Waals surface area contributed by atoms with E-state index in [0.717, 1.165) is 41.0 Å². The summed E-state index contributed by atoms with van der Waals surface area (Å²) in [5, 5.41) is 0.602. The van der Waals surface area contributed by atoms with Gasteiger partial charge in [0.05, 0.1) is 15.6 Å². The van der Waals surface area contributed by atoms with Gasteiger partial charge in [0.2, 0.25) is 0 Å². The van der Waals surface area contributed by atoms with Gasteiger partial charge < -0.3 is 5.73 Å². The van der Waals surface area contributed by atoms with Crippen LogP contribution in [0.2, 0.25) is 10.0 Å². The van der Waals surface area contributed by atoms with Crippen LogP contribution in [0.15, 0.2) is 54.1 Å². The molecule has 6 heteroatoms. The number of allylic oxidation sites excluding steroid dienone is 2. The topological polar surface area (TPSA) is 60.2 Å². The van der Waals surface area contributed by atoms with E-state index in [2.05, 4.69) is 19.9 Å². The highest BCUT2D eigenvalue weighted by molar-refractivity contribution is 7.98. The molecule has 0 saturated heterocycles. The zero-order chi connectivity index (χ0) is 24.5. The minimum atomic E-state index is -0.391. The van der Waals surface area contributed by atoms with Crippen molar-refractivity contribution in [1.82, 2.24) is 0 Å². The molecule has 2 rings (SSSR count). The highest BCUT2D eigenvalue weighted by atomic mass is 35.5. The highest BCUT2D eigenvalue weighted by Gasteiger charge is 2.23. The highest BCUT2D eigenvalue weighted by Crippen LogP contribution is 2.34. The van der Waals surface area contributed by atoms with Crippen molar-refractivity contribution in [3.63, 3.8) is 0 Å². The number of benzene rings is 2. The van der Waals surface area contributed by atoms with Crippen LogP contribution in [0.5, 0.6) is 0 Å². The zero-order valence-electron chi connectivity index (χ0n) is 19.6. The first-order valence-electron chi connectivity index (χ1n) is 11.1.